The predicted octanol–water partition coefficient (Wildman–Crippen LogP) is 2.16. The average Bonchev–Trinajstić information content (AvgIpc) is 3.08. The number of aryl methyl sites for hydroxylation is 1. The number of carbonyl (C=O) groups excluding carboxylic acids is 1. The fourth-order valence-corrected chi connectivity index (χ4v) is 2.54. The number of hydrogen-bond acceptors (Lipinski definition) is 4. The molecule has 2 unspecified atom stereocenters. The molecule has 22 heavy (non-hydrogen) atoms. The summed E-state index contributed by atoms with van der Waals surface area (Å²) in [5.41, 5.74) is 6.02. The van der Waals surface area contributed by atoms with Crippen molar-refractivity contribution in [2.45, 2.75) is 25.6 Å². The van der Waals surface area contributed by atoms with Gasteiger partial charge in [-0.1, -0.05) is 6.07 Å². The smallest absolute Gasteiger partial charge is 0.256 e. The van der Waals surface area contributed by atoms with E-state index in [-0.39, 0.29) is 11.5 Å². The lowest BCUT2D eigenvalue weighted by atomic mass is 10.0. The maximum absolute atomic E-state index is 13.8. The van der Waals surface area contributed by atoms with Gasteiger partial charge in [-0.2, -0.15) is 0 Å². The highest BCUT2D eigenvalue weighted by Gasteiger charge is 2.30. The van der Waals surface area contributed by atoms with Crippen LogP contribution in [0.4, 0.5) is 8.78 Å². The Morgan fingerprint density at radius 3 is 2.64 bits per heavy atom. The summed E-state index contributed by atoms with van der Waals surface area (Å²) in [5, 5.41) is 2.74. The van der Waals surface area contributed by atoms with Gasteiger partial charge in [0.15, 0.2) is 0 Å². The molecule has 2 aromatic rings. The number of rotatable bonds is 3. The molecule has 2 heterocycles. The molecule has 3 rings (SSSR count). The number of furan rings is 1. The first kappa shape index (κ1) is 14.7. The van der Waals surface area contributed by atoms with Gasteiger partial charge in [0.05, 0.1) is 24.0 Å². The van der Waals surface area contributed by atoms with E-state index in [4.69, 9.17) is 4.42 Å². The molecular weight excluding hydrogens is 292 g/mol. The summed E-state index contributed by atoms with van der Waals surface area (Å²) in [6, 6.07) is 4.75. The van der Waals surface area contributed by atoms with Crippen LogP contribution in [-0.4, -0.2) is 12.1 Å². The van der Waals surface area contributed by atoms with Gasteiger partial charge in [0.2, 0.25) is 0 Å². The highest BCUT2D eigenvalue weighted by Crippen LogP contribution is 2.26. The summed E-state index contributed by atoms with van der Waals surface area (Å²) in [4.78, 5) is 12.1. The van der Waals surface area contributed by atoms with E-state index in [1.54, 1.807) is 13.0 Å². The van der Waals surface area contributed by atoms with Crippen molar-refractivity contribution in [1.29, 1.82) is 0 Å². The van der Waals surface area contributed by atoms with Gasteiger partial charge in [0, 0.05) is 12.0 Å². The molecule has 2 atom stereocenters. The summed E-state index contributed by atoms with van der Waals surface area (Å²) >= 11 is 0. The van der Waals surface area contributed by atoms with Crippen LogP contribution in [0.5, 0.6) is 0 Å². The Morgan fingerprint density at radius 2 is 2.00 bits per heavy atom. The van der Waals surface area contributed by atoms with Crippen LogP contribution >= 0.6 is 0 Å². The summed E-state index contributed by atoms with van der Waals surface area (Å²) in [5.74, 6) is -1.02. The Hall–Kier alpha value is -2.25. The van der Waals surface area contributed by atoms with Crippen LogP contribution in [0.15, 0.2) is 34.9 Å². The molecule has 1 aliphatic heterocycles. The topological polar surface area (TPSA) is 66.3 Å². The monoisotopic (exact) mass is 307 g/mol. The van der Waals surface area contributed by atoms with E-state index in [1.165, 1.54) is 24.5 Å². The SMILES string of the molecule is Cc1occc1C(=O)NC1CC(c2c(F)cccc2F)NN1. The third-order valence-electron chi connectivity index (χ3n) is 3.66. The van der Waals surface area contributed by atoms with Crippen molar-refractivity contribution in [3.05, 3.63) is 59.1 Å². The predicted molar refractivity (Wildman–Crippen MR) is 74.7 cm³/mol. The molecule has 0 radical (unpaired) electrons. The lowest BCUT2D eigenvalue weighted by Crippen LogP contribution is -2.44. The number of halogens is 2. The molecule has 0 spiro atoms. The van der Waals surface area contributed by atoms with Gasteiger partial charge in [0.25, 0.3) is 5.91 Å². The van der Waals surface area contributed by atoms with Crippen molar-refractivity contribution in [1.82, 2.24) is 16.2 Å². The molecule has 116 valence electrons. The molecule has 7 heteroatoms. The second-order valence-corrected chi connectivity index (χ2v) is 5.13. The van der Waals surface area contributed by atoms with Gasteiger partial charge in [-0.3, -0.25) is 4.79 Å². The van der Waals surface area contributed by atoms with Crippen molar-refractivity contribution in [3.8, 4) is 0 Å². The number of hydrazine groups is 1. The molecule has 1 amide bonds. The molecule has 0 saturated carbocycles. The molecule has 1 aromatic carbocycles. The lowest BCUT2D eigenvalue weighted by Gasteiger charge is -2.12. The van der Waals surface area contributed by atoms with Crippen molar-refractivity contribution < 1.29 is 18.0 Å². The lowest BCUT2D eigenvalue weighted by molar-refractivity contribution is 0.0931. The van der Waals surface area contributed by atoms with Gasteiger partial charge >= 0.3 is 0 Å². The largest absolute Gasteiger partial charge is 0.469 e. The van der Waals surface area contributed by atoms with Crippen LogP contribution in [0.2, 0.25) is 0 Å². The van der Waals surface area contributed by atoms with E-state index >= 15 is 0 Å². The molecule has 1 saturated heterocycles. The van der Waals surface area contributed by atoms with E-state index in [0.717, 1.165) is 0 Å². The van der Waals surface area contributed by atoms with Gasteiger partial charge in [0.1, 0.15) is 17.4 Å². The molecule has 1 fully saturated rings. The van der Waals surface area contributed by atoms with Crippen molar-refractivity contribution in [3.63, 3.8) is 0 Å². The Kier molecular flexibility index (Phi) is 3.91. The normalized spacial score (nSPS) is 21.0. The van der Waals surface area contributed by atoms with E-state index in [9.17, 15) is 13.6 Å². The zero-order chi connectivity index (χ0) is 15.7. The quantitative estimate of drug-likeness (QED) is 0.813. The fourth-order valence-electron chi connectivity index (χ4n) is 2.54. The maximum atomic E-state index is 13.8. The highest BCUT2D eigenvalue weighted by molar-refractivity contribution is 5.95. The van der Waals surface area contributed by atoms with Crippen molar-refractivity contribution >= 4 is 5.91 Å². The van der Waals surface area contributed by atoms with E-state index in [0.29, 0.717) is 17.7 Å². The minimum Gasteiger partial charge on any atom is -0.469 e. The van der Waals surface area contributed by atoms with Crippen LogP contribution in [0.1, 0.15) is 34.1 Å². The van der Waals surface area contributed by atoms with E-state index in [1.807, 2.05) is 0 Å². The van der Waals surface area contributed by atoms with Crippen LogP contribution in [-0.2, 0) is 0 Å². The minimum atomic E-state index is -0.614. The zero-order valence-electron chi connectivity index (χ0n) is 11.8. The molecule has 1 aliphatic rings. The number of nitrogens with one attached hydrogen (secondary N) is 3. The molecule has 3 N–H and O–H groups in total. The highest BCUT2D eigenvalue weighted by atomic mass is 19.1. The van der Waals surface area contributed by atoms with Gasteiger partial charge in [-0.15, -0.1) is 0 Å². The zero-order valence-corrected chi connectivity index (χ0v) is 11.8. The number of hydrogen-bond donors (Lipinski definition) is 3. The minimum absolute atomic E-state index is 0.0359. The van der Waals surface area contributed by atoms with E-state index < -0.39 is 23.8 Å². The number of carbonyl (C=O) groups is 1. The average molecular weight is 307 g/mol. The molecule has 0 aliphatic carbocycles. The van der Waals surface area contributed by atoms with Crippen LogP contribution in [0.25, 0.3) is 0 Å². The third kappa shape index (κ3) is 2.72. The van der Waals surface area contributed by atoms with Crippen molar-refractivity contribution in [2.24, 2.45) is 0 Å². The van der Waals surface area contributed by atoms with Crippen LogP contribution in [0, 0.1) is 18.6 Å². The Morgan fingerprint density at radius 1 is 1.27 bits per heavy atom. The fraction of sp³-hybridized carbons (Fsp3) is 0.267. The molecule has 1 aromatic heterocycles. The molecule has 5 nitrogen and oxygen atoms in total. The molecule has 0 bridgehead atoms. The van der Waals surface area contributed by atoms with Gasteiger partial charge in [-0.05, 0) is 25.1 Å². The van der Waals surface area contributed by atoms with Crippen LogP contribution < -0.4 is 16.2 Å². The second kappa shape index (κ2) is 5.86. The van der Waals surface area contributed by atoms with Crippen LogP contribution in [0.3, 0.4) is 0 Å². The summed E-state index contributed by atoms with van der Waals surface area (Å²) in [7, 11) is 0. The summed E-state index contributed by atoms with van der Waals surface area (Å²) in [6.45, 7) is 1.69. The third-order valence-corrected chi connectivity index (χ3v) is 3.66. The van der Waals surface area contributed by atoms with Crippen molar-refractivity contribution in [2.75, 3.05) is 0 Å². The summed E-state index contributed by atoms with van der Waals surface area (Å²) < 4.78 is 32.6. The first-order valence-electron chi connectivity index (χ1n) is 6.86. The Balaban J connectivity index is 1.68. The first-order chi connectivity index (χ1) is 10.6. The number of benzene rings is 1. The standard InChI is InChI=1S/C15H15F2N3O2/c1-8-9(5-6-22-8)15(21)18-13-7-12(19-20-13)14-10(16)3-2-4-11(14)17/h2-6,12-13,19-20H,7H2,1H3,(H,18,21). The maximum Gasteiger partial charge on any atom is 0.256 e. The Bertz CT molecular complexity index is 682. The van der Waals surface area contributed by atoms with E-state index in [2.05, 4.69) is 16.2 Å². The van der Waals surface area contributed by atoms with Gasteiger partial charge < -0.3 is 9.73 Å². The summed E-state index contributed by atoms with van der Waals surface area (Å²) in [6.07, 6.45) is 1.31. The first-order valence-corrected chi connectivity index (χ1v) is 6.86. The second-order valence-electron chi connectivity index (χ2n) is 5.13. The molecular formula is C15H15F2N3O2. The number of amides is 1. The Labute approximate surface area is 125 Å². The van der Waals surface area contributed by atoms with Gasteiger partial charge in [-0.25, -0.2) is 19.6 Å².